The fourth-order valence-corrected chi connectivity index (χ4v) is 2.16. The number of nitrogens with zero attached hydrogens (tertiary/aromatic N) is 2. The van der Waals surface area contributed by atoms with Crippen molar-refractivity contribution in [2.24, 2.45) is 0 Å². The van der Waals surface area contributed by atoms with E-state index in [-0.39, 0.29) is 13.2 Å². The quantitative estimate of drug-likeness (QED) is 0.748. The molecule has 0 atom stereocenters. The van der Waals surface area contributed by atoms with Crippen LogP contribution in [0.15, 0.2) is 40.8 Å². The van der Waals surface area contributed by atoms with Gasteiger partial charge in [0.1, 0.15) is 18.1 Å². The Hall–Kier alpha value is -2.11. The van der Waals surface area contributed by atoms with Gasteiger partial charge in [0.2, 0.25) is 0 Å². The zero-order valence-corrected chi connectivity index (χ0v) is 10.3. The van der Waals surface area contributed by atoms with Crippen molar-refractivity contribution in [1.82, 2.24) is 9.78 Å². The van der Waals surface area contributed by atoms with Gasteiger partial charge in [-0.3, -0.25) is 4.68 Å². The van der Waals surface area contributed by atoms with Gasteiger partial charge < -0.3 is 14.6 Å². The highest BCUT2D eigenvalue weighted by molar-refractivity contribution is 5.92. The van der Waals surface area contributed by atoms with E-state index in [0.29, 0.717) is 18.1 Å². The molecule has 0 saturated carbocycles. The van der Waals surface area contributed by atoms with E-state index in [4.69, 9.17) is 14.6 Å². The lowest BCUT2D eigenvalue weighted by Gasteiger charge is -1.98. The number of rotatable bonds is 4. The SMILES string of the molecule is OCCn1nc(-c2ccc(CO)o2)c2ccccc21. The minimum atomic E-state index is -0.130. The third kappa shape index (κ3) is 2.03. The molecule has 0 aliphatic heterocycles. The zero-order chi connectivity index (χ0) is 13.2. The zero-order valence-electron chi connectivity index (χ0n) is 10.3. The highest BCUT2D eigenvalue weighted by Crippen LogP contribution is 2.29. The first-order valence-corrected chi connectivity index (χ1v) is 6.10. The Morgan fingerprint density at radius 1 is 1.11 bits per heavy atom. The Bertz CT molecular complexity index is 700. The van der Waals surface area contributed by atoms with Crippen LogP contribution in [0.1, 0.15) is 5.76 Å². The molecule has 0 bridgehead atoms. The van der Waals surface area contributed by atoms with E-state index in [1.165, 1.54) is 0 Å². The summed E-state index contributed by atoms with van der Waals surface area (Å²) < 4.78 is 7.29. The summed E-state index contributed by atoms with van der Waals surface area (Å²) in [6.45, 7) is 0.342. The first-order valence-electron chi connectivity index (χ1n) is 6.10. The molecular weight excluding hydrogens is 244 g/mol. The number of aliphatic hydroxyl groups excluding tert-OH is 2. The number of aliphatic hydroxyl groups is 2. The lowest BCUT2D eigenvalue weighted by molar-refractivity contribution is 0.248. The maximum atomic E-state index is 9.08. The molecule has 0 aliphatic carbocycles. The fourth-order valence-electron chi connectivity index (χ4n) is 2.16. The Labute approximate surface area is 109 Å². The Morgan fingerprint density at radius 2 is 1.95 bits per heavy atom. The molecule has 3 rings (SSSR count). The molecule has 2 heterocycles. The number of furan rings is 1. The number of fused-ring (bicyclic) bond motifs is 1. The molecule has 3 aromatic rings. The highest BCUT2D eigenvalue weighted by atomic mass is 16.4. The number of hydrogen-bond acceptors (Lipinski definition) is 4. The molecule has 0 amide bonds. The van der Waals surface area contributed by atoms with Gasteiger partial charge in [0.15, 0.2) is 5.76 Å². The molecule has 5 nitrogen and oxygen atoms in total. The molecule has 2 aromatic heterocycles. The van der Waals surface area contributed by atoms with Crippen molar-refractivity contribution in [3.05, 3.63) is 42.2 Å². The average Bonchev–Trinajstić information content (AvgIpc) is 3.04. The van der Waals surface area contributed by atoms with Gasteiger partial charge in [-0.05, 0) is 18.2 Å². The van der Waals surface area contributed by atoms with E-state index in [1.54, 1.807) is 16.8 Å². The maximum Gasteiger partial charge on any atom is 0.155 e. The van der Waals surface area contributed by atoms with Crippen LogP contribution in [0, 0.1) is 0 Å². The summed E-state index contributed by atoms with van der Waals surface area (Å²) in [5.74, 6) is 1.13. The lowest BCUT2D eigenvalue weighted by atomic mass is 10.2. The summed E-state index contributed by atoms with van der Waals surface area (Å²) in [4.78, 5) is 0. The first kappa shape index (κ1) is 12.0. The summed E-state index contributed by atoms with van der Waals surface area (Å²) in [5.41, 5.74) is 1.68. The monoisotopic (exact) mass is 258 g/mol. The maximum absolute atomic E-state index is 9.08. The molecule has 0 spiro atoms. The molecule has 0 unspecified atom stereocenters. The lowest BCUT2D eigenvalue weighted by Crippen LogP contribution is -2.03. The molecular formula is C14H14N2O3. The van der Waals surface area contributed by atoms with Crippen LogP contribution in [-0.4, -0.2) is 26.6 Å². The third-order valence-electron chi connectivity index (χ3n) is 3.02. The van der Waals surface area contributed by atoms with E-state index < -0.39 is 0 Å². The van der Waals surface area contributed by atoms with Gasteiger partial charge >= 0.3 is 0 Å². The van der Waals surface area contributed by atoms with Crippen molar-refractivity contribution in [2.45, 2.75) is 13.2 Å². The molecule has 98 valence electrons. The molecule has 0 radical (unpaired) electrons. The van der Waals surface area contributed by atoms with Gasteiger partial charge in [-0.2, -0.15) is 5.10 Å². The second kappa shape index (κ2) is 4.87. The standard InChI is InChI=1S/C14H14N2O3/c17-8-7-16-12-4-2-1-3-11(12)14(15-16)13-6-5-10(9-18)19-13/h1-6,17-18H,7-9H2. The molecule has 1 aromatic carbocycles. The Morgan fingerprint density at radius 3 is 2.68 bits per heavy atom. The number of hydrogen-bond donors (Lipinski definition) is 2. The van der Waals surface area contributed by atoms with Crippen LogP contribution in [0.25, 0.3) is 22.4 Å². The largest absolute Gasteiger partial charge is 0.457 e. The van der Waals surface area contributed by atoms with Gasteiger partial charge in [-0.15, -0.1) is 0 Å². The second-order valence-electron chi connectivity index (χ2n) is 4.24. The Kier molecular flexibility index (Phi) is 3.06. The summed E-state index contributed by atoms with van der Waals surface area (Å²) in [6, 6.07) is 11.3. The third-order valence-corrected chi connectivity index (χ3v) is 3.02. The number of para-hydroxylation sites is 1. The van der Waals surface area contributed by atoms with Crippen LogP contribution in [-0.2, 0) is 13.2 Å². The fraction of sp³-hybridized carbons (Fsp3) is 0.214. The highest BCUT2D eigenvalue weighted by Gasteiger charge is 2.14. The van der Waals surface area contributed by atoms with Gasteiger partial charge in [0.05, 0.1) is 18.7 Å². The predicted octanol–water partition coefficient (Wildman–Crippen LogP) is 1.78. The van der Waals surface area contributed by atoms with Crippen molar-refractivity contribution < 1.29 is 14.6 Å². The van der Waals surface area contributed by atoms with Gasteiger partial charge in [-0.1, -0.05) is 18.2 Å². The first-order chi connectivity index (χ1) is 9.33. The van der Waals surface area contributed by atoms with Crippen LogP contribution in [0.2, 0.25) is 0 Å². The number of aromatic nitrogens is 2. The van der Waals surface area contributed by atoms with E-state index in [1.807, 2.05) is 24.3 Å². The van der Waals surface area contributed by atoms with Crippen LogP contribution in [0.3, 0.4) is 0 Å². The predicted molar refractivity (Wildman–Crippen MR) is 70.4 cm³/mol. The van der Waals surface area contributed by atoms with Gasteiger partial charge in [-0.25, -0.2) is 0 Å². The second-order valence-corrected chi connectivity index (χ2v) is 4.24. The smallest absolute Gasteiger partial charge is 0.155 e. The minimum Gasteiger partial charge on any atom is -0.457 e. The molecule has 0 saturated heterocycles. The number of benzene rings is 1. The summed E-state index contributed by atoms with van der Waals surface area (Å²) in [5, 5.41) is 23.6. The average molecular weight is 258 g/mol. The van der Waals surface area contributed by atoms with Crippen molar-refractivity contribution in [2.75, 3.05) is 6.61 Å². The summed E-state index contributed by atoms with van der Waals surface area (Å²) in [7, 11) is 0. The molecule has 0 fully saturated rings. The summed E-state index contributed by atoms with van der Waals surface area (Å²) in [6.07, 6.45) is 0. The van der Waals surface area contributed by atoms with Crippen LogP contribution < -0.4 is 0 Å². The van der Waals surface area contributed by atoms with E-state index in [0.717, 1.165) is 16.6 Å². The molecule has 5 heteroatoms. The van der Waals surface area contributed by atoms with Gasteiger partial charge in [0.25, 0.3) is 0 Å². The van der Waals surface area contributed by atoms with Crippen LogP contribution in [0.4, 0.5) is 0 Å². The van der Waals surface area contributed by atoms with Gasteiger partial charge in [0, 0.05) is 5.39 Å². The van der Waals surface area contributed by atoms with Crippen molar-refractivity contribution >= 4 is 10.9 Å². The van der Waals surface area contributed by atoms with Crippen molar-refractivity contribution in [1.29, 1.82) is 0 Å². The van der Waals surface area contributed by atoms with Crippen LogP contribution in [0.5, 0.6) is 0 Å². The van der Waals surface area contributed by atoms with E-state index in [9.17, 15) is 0 Å². The molecule has 19 heavy (non-hydrogen) atoms. The minimum absolute atomic E-state index is 0.0329. The topological polar surface area (TPSA) is 71.4 Å². The van der Waals surface area contributed by atoms with E-state index >= 15 is 0 Å². The summed E-state index contributed by atoms with van der Waals surface area (Å²) >= 11 is 0. The Balaban J connectivity index is 2.17. The van der Waals surface area contributed by atoms with E-state index in [2.05, 4.69) is 5.10 Å². The van der Waals surface area contributed by atoms with Crippen LogP contribution >= 0.6 is 0 Å². The van der Waals surface area contributed by atoms with Crippen molar-refractivity contribution in [3.63, 3.8) is 0 Å². The normalized spacial score (nSPS) is 11.3. The van der Waals surface area contributed by atoms with Crippen molar-refractivity contribution in [3.8, 4) is 11.5 Å². The molecule has 0 aliphatic rings. The molecule has 2 N–H and O–H groups in total.